The van der Waals surface area contributed by atoms with Crippen LogP contribution >= 0.6 is 0 Å². The predicted octanol–water partition coefficient (Wildman–Crippen LogP) is 0.300. The summed E-state index contributed by atoms with van der Waals surface area (Å²) in [6.45, 7) is 8.89. The topological polar surface area (TPSA) is 64.6 Å². The van der Waals surface area contributed by atoms with Crippen molar-refractivity contribution in [2.75, 3.05) is 64.8 Å². The molecule has 1 N–H and O–H groups in total. The monoisotopic (exact) mass is 320 g/mol. The molecule has 7 nitrogen and oxygen atoms in total. The van der Waals surface area contributed by atoms with E-state index in [0.717, 1.165) is 51.5 Å². The third-order valence-electron chi connectivity index (χ3n) is 4.08. The van der Waals surface area contributed by atoms with Gasteiger partial charge in [0.15, 0.2) is 0 Å². The normalized spacial score (nSPS) is 15.9. The zero-order valence-electron chi connectivity index (χ0n) is 14.5. The van der Waals surface area contributed by atoms with Gasteiger partial charge in [-0.3, -0.25) is 4.79 Å². The largest absolute Gasteiger partial charge is 0.353 e. The summed E-state index contributed by atoms with van der Waals surface area (Å²) in [5, 5.41) is 2.88. The molecule has 2 rings (SSSR count). The van der Waals surface area contributed by atoms with Crippen molar-refractivity contribution in [2.24, 2.45) is 0 Å². The standard InChI is InChI=1S/C16H28N6O/c1-4-21-8-10-22(11-9-21)15-13-18-14(12-19-15)16(23)17-6-5-7-20(2)3/h12-13H,4-11H2,1-3H3,(H,17,23). The van der Waals surface area contributed by atoms with Crippen molar-refractivity contribution in [3.63, 3.8) is 0 Å². The molecule has 1 aliphatic rings. The average molecular weight is 320 g/mol. The lowest BCUT2D eigenvalue weighted by atomic mass is 10.3. The zero-order valence-corrected chi connectivity index (χ0v) is 14.5. The van der Waals surface area contributed by atoms with Gasteiger partial charge in [0.2, 0.25) is 0 Å². The quantitative estimate of drug-likeness (QED) is 0.729. The molecule has 0 spiro atoms. The van der Waals surface area contributed by atoms with E-state index in [9.17, 15) is 4.79 Å². The second-order valence-corrected chi connectivity index (χ2v) is 6.09. The molecule has 128 valence electrons. The average Bonchev–Trinajstić information content (AvgIpc) is 2.58. The number of aromatic nitrogens is 2. The molecular formula is C16H28N6O. The number of nitrogens with one attached hydrogen (secondary N) is 1. The van der Waals surface area contributed by atoms with E-state index < -0.39 is 0 Å². The van der Waals surface area contributed by atoms with Crippen LogP contribution in [-0.2, 0) is 0 Å². The first-order chi connectivity index (χ1) is 11.1. The highest BCUT2D eigenvalue weighted by Gasteiger charge is 2.17. The van der Waals surface area contributed by atoms with Gasteiger partial charge in [0.05, 0.1) is 12.4 Å². The van der Waals surface area contributed by atoms with Crippen LogP contribution in [0.3, 0.4) is 0 Å². The number of piperazine rings is 1. The minimum Gasteiger partial charge on any atom is -0.353 e. The Bertz CT molecular complexity index is 482. The number of likely N-dealkylation sites (N-methyl/N-ethyl adjacent to an activating group) is 1. The molecule has 0 radical (unpaired) electrons. The summed E-state index contributed by atoms with van der Waals surface area (Å²) in [5.74, 6) is 0.698. The number of carbonyl (C=O) groups is 1. The lowest BCUT2D eigenvalue weighted by Gasteiger charge is -2.34. The number of hydrogen-bond donors (Lipinski definition) is 1. The summed E-state index contributed by atoms with van der Waals surface area (Å²) in [4.78, 5) is 27.4. The molecule has 0 aliphatic carbocycles. The van der Waals surface area contributed by atoms with Crippen molar-refractivity contribution < 1.29 is 4.79 Å². The van der Waals surface area contributed by atoms with Crippen LogP contribution in [0.1, 0.15) is 23.8 Å². The minimum atomic E-state index is -0.154. The Morgan fingerprint density at radius 1 is 1.22 bits per heavy atom. The lowest BCUT2D eigenvalue weighted by Crippen LogP contribution is -2.46. The van der Waals surface area contributed by atoms with E-state index in [4.69, 9.17) is 0 Å². The van der Waals surface area contributed by atoms with Gasteiger partial charge < -0.3 is 20.0 Å². The Morgan fingerprint density at radius 3 is 2.52 bits per heavy atom. The number of carbonyl (C=O) groups excluding carboxylic acids is 1. The number of rotatable bonds is 7. The zero-order chi connectivity index (χ0) is 16.7. The maximum absolute atomic E-state index is 12.0. The van der Waals surface area contributed by atoms with Gasteiger partial charge in [0.1, 0.15) is 11.5 Å². The van der Waals surface area contributed by atoms with Crippen LogP contribution in [0.15, 0.2) is 12.4 Å². The van der Waals surface area contributed by atoms with Gasteiger partial charge in [-0.25, -0.2) is 9.97 Å². The SMILES string of the molecule is CCN1CCN(c2cnc(C(=O)NCCCN(C)C)cn2)CC1. The van der Waals surface area contributed by atoms with E-state index in [1.807, 2.05) is 14.1 Å². The maximum Gasteiger partial charge on any atom is 0.271 e. The smallest absolute Gasteiger partial charge is 0.271 e. The molecular weight excluding hydrogens is 292 g/mol. The van der Waals surface area contributed by atoms with Crippen LogP contribution in [0.4, 0.5) is 5.82 Å². The van der Waals surface area contributed by atoms with Crippen LogP contribution in [0.5, 0.6) is 0 Å². The molecule has 0 bridgehead atoms. The molecule has 1 fully saturated rings. The maximum atomic E-state index is 12.0. The first-order valence-electron chi connectivity index (χ1n) is 8.32. The van der Waals surface area contributed by atoms with Crippen molar-refractivity contribution in [3.8, 4) is 0 Å². The van der Waals surface area contributed by atoms with E-state index in [0.29, 0.717) is 12.2 Å². The Kier molecular flexibility index (Phi) is 6.73. The van der Waals surface area contributed by atoms with Crippen LogP contribution in [0.2, 0.25) is 0 Å². The summed E-state index contributed by atoms with van der Waals surface area (Å²) in [6.07, 6.45) is 4.20. The molecule has 1 amide bonds. The van der Waals surface area contributed by atoms with E-state index >= 15 is 0 Å². The minimum absolute atomic E-state index is 0.154. The van der Waals surface area contributed by atoms with E-state index in [1.54, 1.807) is 12.4 Å². The van der Waals surface area contributed by atoms with Gasteiger partial charge >= 0.3 is 0 Å². The third kappa shape index (κ3) is 5.44. The summed E-state index contributed by atoms with van der Waals surface area (Å²) >= 11 is 0. The van der Waals surface area contributed by atoms with Gasteiger partial charge in [-0.1, -0.05) is 6.92 Å². The summed E-state index contributed by atoms with van der Waals surface area (Å²) in [7, 11) is 4.04. The van der Waals surface area contributed by atoms with E-state index in [-0.39, 0.29) is 5.91 Å². The fraction of sp³-hybridized carbons (Fsp3) is 0.688. The Morgan fingerprint density at radius 2 is 1.96 bits per heavy atom. The molecule has 1 aliphatic heterocycles. The van der Waals surface area contributed by atoms with Gasteiger partial charge in [-0.05, 0) is 33.6 Å². The van der Waals surface area contributed by atoms with E-state index in [1.165, 1.54) is 0 Å². The van der Waals surface area contributed by atoms with Crippen molar-refractivity contribution in [3.05, 3.63) is 18.1 Å². The highest BCUT2D eigenvalue weighted by molar-refractivity contribution is 5.91. The summed E-state index contributed by atoms with van der Waals surface area (Å²) in [6, 6.07) is 0. The van der Waals surface area contributed by atoms with Crippen molar-refractivity contribution in [1.29, 1.82) is 0 Å². The molecule has 7 heteroatoms. The number of amides is 1. The van der Waals surface area contributed by atoms with Crippen LogP contribution < -0.4 is 10.2 Å². The fourth-order valence-corrected chi connectivity index (χ4v) is 2.58. The lowest BCUT2D eigenvalue weighted by molar-refractivity contribution is 0.0947. The van der Waals surface area contributed by atoms with E-state index in [2.05, 4.69) is 36.9 Å². The molecule has 0 aromatic carbocycles. The highest BCUT2D eigenvalue weighted by atomic mass is 16.1. The van der Waals surface area contributed by atoms with Gasteiger partial charge in [0.25, 0.3) is 5.91 Å². The molecule has 1 saturated heterocycles. The highest BCUT2D eigenvalue weighted by Crippen LogP contribution is 2.12. The summed E-state index contributed by atoms with van der Waals surface area (Å²) in [5.41, 5.74) is 0.380. The first kappa shape index (κ1) is 17.6. The van der Waals surface area contributed by atoms with Crippen molar-refractivity contribution >= 4 is 11.7 Å². The summed E-state index contributed by atoms with van der Waals surface area (Å²) < 4.78 is 0. The Balaban J connectivity index is 1.81. The molecule has 0 atom stereocenters. The van der Waals surface area contributed by atoms with Crippen molar-refractivity contribution in [1.82, 2.24) is 25.1 Å². The fourth-order valence-electron chi connectivity index (χ4n) is 2.58. The van der Waals surface area contributed by atoms with Gasteiger partial charge in [0, 0.05) is 32.7 Å². The third-order valence-corrected chi connectivity index (χ3v) is 4.08. The molecule has 1 aromatic rings. The predicted molar refractivity (Wildman–Crippen MR) is 91.9 cm³/mol. The Hall–Kier alpha value is -1.73. The molecule has 1 aromatic heterocycles. The Labute approximate surface area is 138 Å². The van der Waals surface area contributed by atoms with Gasteiger partial charge in [-0.2, -0.15) is 0 Å². The molecule has 2 heterocycles. The number of nitrogens with zero attached hydrogens (tertiary/aromatic N) is 5. The molecule has 0 saturated carbocycles. The first-order valence-corrected chi connectivity index (χ1v) is 8.32. The number of anilines is 1. The molecule has 0 unspecified atom stereocenters. The van der Waals surface area contributed by atoms with Crippen LogP contribution in [0.25, 0.3) is 0 Å². The second-order valence-electron chi connectivity index (χ2n) is 6.09. The van der Waals surface area contributed by atoms with Gasteiger partial charge in [-0.15, -0.1) is 0 Å². The number of hydrogen-bond acceptors (Lipinski definition) is 6. The van der Waals surface area contributed by atoms with Crippen LogP contribution in [-0.4, -0.2) is 85.6 Å². The second kappa shape index (κ2) is 8.79. The molecule has 23 heavy (non-hydrogen) atoms. The van der Waals surface area contributed by atoms with Crippen molar-refractivity contribution in [2.45, 2.75) is 13.3 Å². The van der Waals surface area contributed by atoms with Crippen LogP contribution in [0, 0.1) is 0 Å².